The van der Waals surface area contributed by atoms with Gasteiger partial charge in [0.25, 0.3) is 5.91 Å². The fourth-order valence-corrected chi connectivity index (χ4v) is 4.51. The van der Waals surface area contributed by atoms with Gasteiger partial charge in [0.2, 0.25) is 0 Å². The first-order chi connectivity index (χ1) is 14.6. The third-order valence-electron chi connectivity index (χ3n) is 6.33. The molecule has 0 bridgehead atoms. The molecule has 1 saturated carbocycles. The molecule has 0 unspecified atom stereocenters. The van der Waals surface area contributed by atoms with Gasteiger partial charge in [0, 0.05) is 43.1 Å². The summed E-state index contributed by atoms with van der Waals surface area (Å²) in [5.41, 5.74) is 5.36. The van der Waals surface area contributed by atoms with Crippen molar-refractivity contribution in [3.05, 3.63) is 47.3 Å². The van der Waals surface area contributed by atoms with Crippen molar-refractivity contribution < 1.29 is 4.79 Å². The van der Waals surface area contributed by atoms with Gasteiger partial charge in [0.15, 0.2) is 5.65 Å². The van der Waals surface area contributed by atoms with E-state index in [9.17, 15) is 4.79 Å². The Kier molecular flexibility index (Phi) is 4.93. The number of pyridine rings is 1. The van der Waals surface area contributed by atoms with Crippen LogP contribution in [0.4, 0.5) is 11.4 Å². The van der Waals surface area contributed by atoms with Gasteiger partial charge >= 0.3 is 0 Å². The molecule has 1 saturated heterocycles. The molecule has 6 nitrogen and oxygen atoms in total. The van der Waals surface area contributed by atoms with Crippen LogP contribution >= 0.6 is 0 Å². The van der Waals surface area contributed by atoms with E-state index in [1.807, 2.05) is 32.2 Å². The molecule has 1 N–H and O–H groups in total. The summed E-state index contributed by atoms with van der Waals surface area (Å²) >= 11 is 0. The third kappa shape index (κ3) is 3.66. The molecule has 2 aliphatic rings. The Labute approximate surface area is 177 Å². The maximum absolute atomic E-state index is 13.2. The highest BCUT2D eigenvalue weighted by atomic mass is 16.1. The number of benzene rings is 1. The van der Waals surface area contributed by atoms with Crippen molar-refractivity contribution >= 4 is 28.3 Å². The Morgan fingerprint density at radius 1 is 1.07 bits per heavy atom. The maximum Gasteiger partial charge on any atom is 0.256 e. The van der Waals surface area contributed by atoms with Crippen LogP contribution in [-0.2, 0) is 7.05 Å². The summed E-state index contributed by atoms with van der Waals surface area (Å²) in [7, 11) is 1.89. The van der Waals surface area contributed by atoms with Gasteiger partial charge in [-0.05, 0) is 62.9 Å². The number of fused-ring (bicyclic) bond motifs is 1. The van der Waals surface area contributed by atoms with E-state index < -0.39 is 0 Å². The number of aryl methyl sites for hydroxylation is 2. The predicted molar refractivity (Wildman–Crippen MR) is 120 cm³/mol. The number of nitrogens with one attached hydrogen (secondary N) is 1. The van der Waals surface area contributed by atoms with Crippen molar-refractivity contribution in [1.29, 1.82) is 0 Å². The second kappa shape index (κ2) is 7.74. The van der Waals surface area contributed by atoms with Gasteiger partial charge in [-0.1, -0.05) is 12.8 Å². The molecule has 156 valence electrons. The second-order valence-electron chi connectivity index (χ2n) is 8.68. The van der Waals surface area contributed by atoms with Crippen LogP contribution in [0.3, 0.4) is 0 Å². The molecule has 6 heteroatoms. The van der Waals surface area contributed by atoms with Gasteiger partial charge in [-0.15, -0.1) is 0 Å². The van der Waals surface area contributed by atoms with E-state index in [0.29, 0.717) is 11.5 Å². The summed E-state index contributed by atoms with van der Waals surface area (Å²) in [6.07, 6.45) is 7.45. The van der Waals surface area contributed by atoms with Gasteiger partial charge in [-0.2, -0.15) is 5.10 Å². The van der Waals surface area contributed by atoms with Crippen LogP contribution in [0.15, 0.2) is 30.3 Å². The molecule has 2 fully saturated rings. The van der Waals surface area contributed by atoms with Gasteiger partial charge < -0.3 is 10.2 Å². The lowest BCUT2D eigenvalue weighted by Crippen LogP contribution is -2.23. The fourth-order valence-electron chi connectivity index (χ4n) is 4.51. The molecule has 1 aromatic carbocycles. The summed E-state index contributed by atoms with van der Waals surface area (Å²) < 4.78 is 1.78. The number of hydrogen-bond donors (Lipinski definition) is 1. The lowest BCUT2D eigenvalue weighted by molar-refractivity contribution is 0.102. The number of carbonyl (C=O) groups is 1. The van der Waals surface area contributed by atoms with Gasteiger partial charge in [-0.25, -0.2) is 4.98 Å². The average Bonchev–Trinajstić information content (AvgIpc) is 3.57. The minimum Gasteiger partial charge on any atom is -0.372 e. The molecule has 2 aromatic heterocycles. The van der Waals surface area contributed by atoms with Crippen molar-refractivity contribution in [3.63, 3.8) is 0 Å². The summed E-state index contributed by atoms with van der Waals surface area (Å²) in [5.74, 6) is 0.381. The van der Waals surface area contributed by atoms with Crippen LogP contribution in [0.2, 0.25) is 0 Å². The molecule has 1 amide bonds. The highest BCUT2D eigenvalue weighted by Crippen LogP contribution is 2.40. The van der Waals surface area contributed by atoms with Crippen LogP contribution in [0.5, 0.6) is 0 Å². The second-order valence-corrected chi connectivity index (χ2v) is 8.68. The van der Waals surface area contributed by atoms with Crippen molar-refractivity contribution in [1.82, 2.24) is 14.8 Å². The summed E-state index contributed by atoms with van der Waals surface area (Å²) in [5, 5.41) is 8.44. The van der Waals surface area contributed by atoms with Crippen LogP contribution in [0, 0.1) is 6.92 Å². The summed E-state index contributed by atoms with van der Waals surface area (Å²) in [6, 6.07) is 10.2. The van der Waals surface area contributed by atoms with Gasteiger partial charge in [0.05, 0.1) is 16.6 Å². The molecule has 5 rings (SSSR count). The zero-order valence-electron chi connectivity index (χ0n) is 17.8. The van der Waals surface area contributed by atoms with Crippen molar-refractivity contribution in [3.8, 4) is 0 Å². The zero-order valence-corrected chi connectivity index (χ0v) is 17.8. The van der Waals surface area contributed by atoms with E-state index >= 15 is 0 Å². The van der Waals surface area contributed by atoms with Crippen LogP contribution in [0.1, 0.15) is 66.2 Å². The van der Waals surface area contributed by atoms with E-state index in [0.717, 1.165) is 54.0 Å². The molecule has 1 aliphatic heterocycles. The molecule has 3 heterocycles. The van der Waals surface area contributed by atoms with Gasteiger partial charge in [-0.3, -0.25) is 9.48 Å². The largest absolute Gasteiger partial charge is 0.372 e. The highest BCUT2D eigenvalue weighted by Gasteiger charge is 2.28. The van der Waals surface area contributed by atoms with Crippen molar-refractivity contribution in [2.75, 3.05) is 23.3 Å². The van der Waals surface area contributed by atoms with Gasteiger partial charge in [0.1, 0.15) is 0 Å². The molecule has 0 radical (unpaired) electrons. The van der Waals surface area contributed by atoms with E-state index in [1.165, 1.54) is 31.4 Å². The van der Waals surface area contributed by atoms with E-state index in [-0.39, 0.29) is 5.91 Å². The Balaban J connectivity index is 1.40. The first-order valence-electron chi connectivity index (χ1n) is 11.1. The standard InChI is InChI=1S/C24H29N5O/c1-16-22-20(15-21(17-7-8-17)26-23(22)28(2)27-16)24(30)25-18-9-11-19(12-10-18)29-13-5-3-4-6-14-29/h9-12,15,17H,3-8,13-14H2,1-2H3,(H,25,30). The topological polar surface area (TPSA) is 63.1 Å². The van der Waals surface area contributed by atoms with Crippen LogP contribution in [0.25, 0.3) is 11.0 Å². The summed E-state index contributed by atoms with van der Waals surface area (Å²) in [4.78, 5) is 20.5. The first kappa shape index (κ1) is 19.1. The number of nitrogens with zero attached hydrogens (tertiary/aromatic N) is 4. The Morgan fingerprint density at radius 3 is 2.43 bits per heavy atom. The normalized spacial score (nSPS) is 17.2. The number of hydrogen-bond acceptors (Lipinski definition) is 4. The Bertz CT molecular complexity index is 1070. The van der Waals surface area contributed by atoms with E-state index in [2.05, 4.69) is 27.4 Å². The van der Waals surface area contributed by atoms with Crippen molar-refractivity contribution in [2.45, 2.75) is 51.4 Å². The monoisotopic (exact) mass is 403 g/mol. The Hall–Kier alpha value is -2.89. The lowest BCUT2D eigenvalue weighted by Gasteiger charge is -2.22. The molecule has 1 aliphatic carbocycles. The average molecular weight is 404 g/mol. The maximum atomic E-state index is 13.2. The minimum atomic E-state index is -0.0945. The molecular weight excluding hydrogens is 374 g/mol. The molecule has 0 spiro atoms. The molecule has 0 atom stereocenters. The first-order valence-corrected chi connectivity index (χ1v) is 11.1. The van der Waals surface area contributed by atoms with E-state index in [1.54, 1.807) is 4.68 Å². The predicted octanol–water partition coefficient (Wildman–Crippen LogP) is 4.79. The fraction of sp³-hybridized carbons (Fsp3) is 0.458. The smallest absolute Gasteiger partial charge is 0.256 e. The SMILES string of the molecule is Cc1nn(C)c2nc(C3CC3)cc(C(=O)Nc3ccc(N4CCCCCC4)cc3)c12. The van der Waals surface area contributed by atoms with E-state index in [4.69, 9.17) is 4.98 Å². The minimum absolute atomic E-state index is 0.0945. The van der Waals surface area contributed by atoms with Crippen LogP contribution in [-0.4, -0.2) is 33.8 Å². The Morgan fingerprint density at radius 2 is 1.77 bits per heavy atom. The summed E-state index contributed by atoms with van der Waals surface area (Å²) in [6.45, 7) is 4.17. The number of rotatable bonds is 4. The third-order valence-corrected chi connectivity index (χ3v) is 6.33. The number of carbonyl (C=O) groups excluding carboxylic acids is 1. The number of aromatic nitrogens is 3. The quantitative estimate of drug-likeness (QED) is 0.680. The zero-order chi connectivity index (χ0) is 20.7. The highest BCUT2D eigenvalue weighted by molar-refractivity contribution is 6.12. The van der Waals surface area contributed by atoms with Crippen LogP contribution < -0.4 is 10.2 Å². The van der Waals surface area contributed by atoms with Crippen molar-refractivity contribution in [2.24, 2.45) is 7.05 Å². The number of amides is 1. The lowest BCUT2D eigenvalue weighted by atomic mass is 10.1. The molecular formula is C24H29N5O. The molecule has 30 heavy (non-hydrogen) atoms. The number of anilines is 2. The molecule has 3 aromatic rings.